The van der Waals surface area contributed by atoms with Crippen molar-refractivity contribution in [2.75, 3.05) is 12.8 Å². The lowest BCUT2D eigenvalue weighted by Gasteiger charge is -2.20. The van der Waals surface area contributed by atoms with Gasteiger partial charge in [0.05, 0.1) is 25.0 Å². The average Bonchev–Trinajstić information content (AvgIpc) is 2.70. The lowest BCUT2D eigenvalue weighted by Crippen LogP contribution is -2.20. The summed E-state index contributed by atoms with van der Waals surface area (Å²) in [5, 5.41) is 8.05. The fourth-order valence-corrected chi connectivity index (χ4v) is 2.02. The Hall–Kier alpha value is -2.11. The third-order valence-electron chi connectivity index (χ3n) is 2.77. The van der Waals surface area contributed by atoms with Crippen LogP contribution in [0.4, 0.5) is 5.82 Å². The highest BCUT2D eigenvalue weighted by Crippen LogP contribution is 2.26. The van der Waals surface area contributed by atoms with E-state index in [-0.39, 0.29) is 5.41 Å². The minimum absolute atomic E-state index is 0.119. The van der Waals surface area contributed by atoms with E-state index in [1.165, 1.54) is 0 Å². The molecule has 0 aliphatic rings. The normalized spacial score (nSPS) is 11.6. The Balaban J connectivity index is 2.33. The molecule has 0 saturated heterocycles. The van der Waals surface area contributed by atoms with Gasteiger partial charge in [-0.25, -0.2) is 9.67 Å². The predicted molar refractivity (Wildman–Crippen MR) is 73.0 cm³/mol. The maximum Gasteiger partial charge on any atom is 0.213 e. The second kappa shape index (κ2) is 4.87. The lowest BCUT2D eigenvalue weighted by molar-refractivity contribution is 0.395. The van der Waals surface area contributed by atoms with Gasteiger partial charge in [0.15, 0.2) is 5.82 Å². The zero-order chi connectivity index (χ0) is 14.0. The van der Waals surface area contributed by atoms with Crippen molar-refractivity contribution in [1.82, 2.24) is 20.0 Å². The van der Waals surface area contributed by atoms with Crippen molar-refractivity contribution in [1.29, 1.82) is 0 Å². The molecule has 102 valence electrons. The van der Waals surface area contributed by atoms with Gasteiger partial charge in [-0.3, -0.25) is 0 Å². The molecule has 2 aromatic rings. The van der Waals surface area contributed by atoms with Gasteiger partial charge < -0.3 is 10.5 Å². The Kier molecular flexibility index (Phi) is 3.42. The number of rotatable bonds is 3. The number of nitrogen functional groups attached to an aromatic ring is 1. The highest BCUT2D eigenvalue weighted by Gasteiger charge is 2.24. The van der Waals surface area contributed by atoms with Gasteiger partial charge in [0.2, 0.25) is 5.88 Å². The summed E-state index contributed by atoms with van der Waals surface area (Å²) in [6.07, 6.45) is 0. The molecular weight excluding hydrogens is 242 g/mol. The van der Waals surface area contributed by atoms with E-state index >= 15 is 0 Å². The summed E-state index contributed by atoms with van der Waals surface area (Å²) in [6, 6.07) is 5.63. The summed E-state index contributed by atoms with van der Waals surface area (Å²) in [5.74, 6) is 1.05. The van der Waals surface area contributed by atoms with Crippen LogP contribution >= 0.6 is 0 Å². The molecule has 0 spiro atoms. The highest BCUT2D eigenvalue weighted by molar-refractivity contribution is 5.38. The first kappa shape index (κ1) is 13.3. The molecule has 0 amide bonds. The number of methoxy groups -OCH3 is 1. The van der Waals surface area contributed by atoms with Crippen LogP contribution in [-0.4, -0.2) is 27.1 Å². The Morgan fingerprint density at radius 2 is 2.05 bits per heavy atom. The van der Waals surface area contributed by atoms with Crippen molar-refractivity contribution in [2.45, 2.75) is 32.7 Å². The van der Waals surface area contributed by atoms with E-state index in [0.717, 1.165) is 11.4 Å². The highest BCUT2D eigenvalue weighted by atomic mass is 16.5. The van der Waals surface area contributed by atoms with Crippen LogP contribution < -0.4 is 10.5 Å². The zero-order valence-electron chi connectivity index (χ0n) is 11.7. The minimum atomic E-state index is -0.119. The van der Waals surface area contributed by atoms with E-state index in [1.807, 2.05) is 18.2 Å². The first-order valence-corrected chi connectivity index (χ1v) is 6.11. The van der Waals surface area contributed by atoms with Crippen LogP contribution in [0.3, 0.4) is 0 Å². The van der Waals surface area contributed by atoms with Gasteiger partial charge in [-0.05, 0) is 6.07 Å². The van der Waals surface area contributed by atoms with Gasteiger partial charge >= 0.3 is 0 Å². The first-order valence-electron chi connectivity index (χ1n) is 6.11. The van der Waals surface area contributed by atoms with Crippen LogP contribution in [0.1, 0.15) is 32.2 Å². The molecular formula is C13H19N5O. The monoisotopic (exact) mass is 261 g/mol. The molecule has 0 fully saturated rings. The Labute approximate surface area is 112 Å². The van der Waals surface area contributed by atoms with Gasteiger partial charge in [-0.2, -0.15) is 0 Å². The molecule has 0 atom stereocenters. The average molecular weight is 261 g/mol. The van der Waals surface area contributed by atoms with Crippen LogP contribution in [0.25, 0.3) is 0 Å². The summed E-state index contributed by atoms with van der Waals surface area (Å²) in [6.45, 7) is 6.76. The fraction of sp³-hybridized carbons (Fsp3) is 0.462. The van der Waals surface area contributed by atoms with E-state index in [1.54, 1.807) is 11.8 Å². The molecule has 2 N–H and O–H groups in total. The lowest BCUT2D eigenvalue weighted by atomic mass is 9.92. The largest absolute Gasteiger partial charge is 0.481 e. The molecule has 0 radical (unpaired) electrons. The third-order valence-corrected chi connectivity index (χ3v) is 2.77. The van der Waals surface area contributed by atoms with Crippen molar-refractivity contribution in [3.63, 3.8) is 0 Å². The molecule has 0 bridgehead atoms. The standard InChI is InChI=1S/C13H19N5O/c1-13(2,3)11-12(14)16-17-18(11)8-9-6-5-7-10(15-9)19-4/h5-7H,8,14H2,1-4H3. The number of aromatic nitrogens is 4. The van der Waals surface area contributed by atoms with Gasteiger partial charge in [-0.1, -0.05) is 32.1 Å². The first-order chi connectivity index (χ1) is 8.91. The van der Waals surface area contributed by atoms with E-state index in [4.69, 9.17) is 10.5 Å². The van der Waals surface area contributed by atoms with Crippen molar-refractivity contribution >= 4 is 5.82 Å². The predicted octanol–water partition coefficient (Wildman–Crippen LogP) is 1.61. The Morgan fingerprint density at radius 3 is 2.68 bits per heavy atom. The molecule has 0 saturated carbocycles. The quantitative estimate of drug-likeness (QED) is 0.908. The van der Waals surface area contributed by atoms with Crippen LogP contribution in [0.5, 0.6) is 5.88 Å². The maximum atomic E-state index is 5.90. The molecule has 0 aliphatic carbocycles. The van der Waals surface area contributed by atoms with Crippen molar-refractivity contribution in [2.24, 2.45) is 0 Å². The summed E-state index contributed by atoms with van der Waals surface area (Å²) >= 11 is 0. The molecule has 6 nitrogen and oxygen atoms in total. The van der Waals surface area contributed by atoms with Crippen LogP contribution in [0.2, 0.25) is 0 Å². The fourth-order valence-electron chi connectivity index (χ4n) is 2.02. The van der Waals surface area contributed by atoms with Gasteiger partial charge in [0.1, 0.15) is 0 Å². The molecule has 2 aromatic heterocycles. The molecule has 2 heterocycles. The number of pyridine rings is 1. The van der Waals surface area contributed by atoms with Gasteiger partial charge in [0, 0.05) is 11.5 Å². The summed E-state index contributed by atoms with van der Waals surface area (Å²) < 4.78 is 6.90. The summed E-state index contributed by atoms with van der Waals surface area (Å²) in [4.78, 5) is 4.37. The van der Waals surface area contributed by atoms with Crippen molar-refractivity contribution in [3.05, 3.63) is 29.6 Å². The molecule has 0 unspecified atom stereocenters. The van der Waals surface area contributed by atoms with E-state index in [0.29, 0.717) is 18.2 Å². The van der Waals surface area contributed by atoms with Crippen LogP contribution in [-0.2, 0) is 12.0 Å². The second-order valence-electron chi connectivity index (χ2n) is 5.40. The summed E-state index contributed by atoms with van der Waals surface area (Å²) in [7, 11) is 1.60. The van der Waals surface area contributed by atoms with E-state index in [9.17, 15) is 0 Å². The number of nitrogens with two attached hydrogens (primary N) is 1. The number of nitrogens with zero attached hydrogens (tertiary/aromatic N) is 4. The van der Waals surface area contributed by atoms with Crippen LogP contribution in [0.15, 0.2) is 18.2 Å². The second-order valence-corrected chi connectivity index (χ2v) is 5.40. The zero-order valence-corrected chi connectivity index (χ0v) is 11.7. The maximum absolute atomic E-state index is 5.90. The molecule has 6 heteroatoms. The smallest absolute Gasteiger partial charge is 0.213 e. The Morgan fingerprint density at radius 1 is 1.32 bits per heavy atom. The van der Waals surface area contributed by atoms with Gasteiger partial charge in [-0.15, -0.1) is 5.10 Å². The number of hydrogen-bond acceptors (Lipinski definition) is 5. The number of anilines is 1. The molecule has 19 heavy (non-hydrogen) atoms. The topological polar surface area (TPSA) is 78.8 Å². The molecule has 0 aliphatic heterocycles. The third kappa shape index (κ3) is 2.83. The Bertz CT molecular complexity index is 571. The molecule has 2 rings (SSSR count). The number of hydrogen-bond donors (Lipinski definition) is 1. The van der Waals surface area contributed by atoms with Crippen molar-refractivity contribution < 1.29 is 4.74 Å². The van der Waals surface area contributed by atoms with Gasteiger partial charge in [0.25, 0.3) is 0 Å². The number of ether oxygens (including phenoxy) is 1. The minimum Gasteiger partial charge on any atom is -0.481 e. The van der Waals surface area contributed by atoms with E-state index < -0.39 is 0 Å². The molecule has 0 aromatic carbocycles. The summed E-state index contributed by atoms with van der Waals surface area (Å²) in [5.41, 5.74) is 7.55. The SMILES string of the molecule is COc1cccc(Cn2nnc(N)c2C(C)(C)C)n1. The van der Waals surface area contributed by atoms with Crippen molar-refractivity contribution in [3.8, 4) is 5.88 Å². The van der Waals surface area contributed by atoms with Crippen LogP contribution in [0, 0.1) is 0 Å². The van der Waals surface area contributed by atoms with E-state index in [2.05, 4.69) is 36.1 Å².